The summed E-state index contributed by atoms with van der Waals surface area (Å²) in [5.41, 5.74) is 0. The van der Waals surface area contributed by atoms with Gasteiger partial charge < -0.3 is 4.52 Å². The van der Waals surface area contributed by atoms with Crippen LogP contribution < -0.4 is 0 Å². The number of nitrogens with zero attached hydrogens (tertiary/aromatic N) is 4. The van der Waals surface area contributed by atoms with Crippen LogP contribution in [0.5, 0.6) is 0 Å². The minimum absolute atomic E-state index is 1.21. The lowest BCUT2D eigenvalue weighted by Gasteiger charge is -1.44. The van der Waals surface area contributed by atoms with Crippen LogP contribution in [0.3, 0.4) is 0 Å². The molecule has 0 atom stereocenters. The molecule has 0 amide bonds. The second-order valence-corrected chi connectivity index (χ2v) is 1.07. The van der Waals surface area contributed by atoms with E-state index in [1.165, 1.54) is 12.6 Å². The highest BCUT2D eigenvalue weighted by atomic mass is 16.6. The van der Waals surface area contributed by atoms with Crippen molar-refractivity contribution < 1.29 is 9.15 Å². The highest BCUT2D eigenvalue weighted by molar-refractivity contribution is 4.47. The van der Waals surface area contributed by atoms with E-state index in [2.05, 4.69) is 42.1 Å². The molecular formula is C4H2N4O2. The molecule has 0 N–H and O–H groups in total. The Hall–Kier alpha value is -1.72. The number of rotatable bonds is 0. The molecule has 0 spiro atoms. The van der Waals surface area contributed by atoms with Crippen molar-refractivity contribution in [1.29, 1.82) is 0 Å². The summed E-state index contributed by atoms with van der Waals surface area (Å²) >= 11 is 0. The zero-order chi connectivity index (χ0) is 7.07. The molecule has 50 valence electrons. The third kappa shape index (κ3) is 2.55. The van der Waals surface area contributed by atoms with Gasteiger partial charge in [0.2, 0.25) is 12.7 Å². The van der Waals surface area contributed by atoms with Gasteiger partial charge in [-0.3, -0.25) is 0 Å². The fraction of sp³-hybridized carbons (Fsp3) is 0. The van der Waals surface area contributed by atoms with Crippen molar-refractivity contribution in [3.63, 3.8) is 0 Å². The van der Waals surface area contributed by atoms with E-state index in [1.807, 2.05) is 0 Å². The summed E-state index contributed by atoms with van der Waals surface area (Å²) in [4.78, 5) is 3.32. The molecule has 0 aliphatic rings. The van der Waals surface area contributed by atoms with Crippen molar-refractivity contribution in [2.45, 2.75) is 0 Å². The number of aromatic nitrogens is 4. The minimum Gasteiger partial charge on any atom is -0.342 e. The summed E-state index contributed by atoms with van der Waals surface area (Å²) < 4.78 is 8.19. The van der Waals surface area contributed by atoms with E-state index in [0.717, 1.165) is 0 Å². The van der Waals surface area contributed by atoms with E-state index in [1.54, 1.807) is 0 Å². The Kier molecular flexibility index (Phi) is 2.68. The average Bonchev–Trinajstić information content (AvgIpc) is 2.67. The van der Waals surface area contributed by atoms with Crippen LogP contribution >= 0.6 is 0 Å². The molecule has 0 unspecified atom stereocenters. The smallest absolute Gasteiger partial charge is 0.243 e. The fourth-order valence-corrected chi connectivity index (χ4v) is 0.236. The molecule has 0 aromatic carbocycles. The highest BCUT2D eigenvalue weighted by Gasteiger charge is 1.64. The Morgan fingerprint density at radius 1 is 1.30 bits per heavy atom. The van der Waals surface area contributed by atoms with Crippen molar-refractivity contribution in [2.24, 2.45) is 0 Å². The first-order valence-corrected chi connectivity index (χ1v) is 2.26. The molecule has 0 saturated carbocycles. The molecule has 2 aromatic rings. The van der Waals surface area contributed by atoms with Gasteiger partial charge in [0.05, 0.1) is 0 Å². The molecule has 0 aliphatic carbocycles. The normalized spacial score (nSPS) is 8.00. The van der Waals surface area contributed by atoms with Gasteiger partial charge in [-0.15, -0.1) is 0 Å². The largest absolute Gasteiger partial charge is 0.342 e. The van der Waals surface area contributed by atoms with Gasteiger partial charge in [-0.1, -0.05) is 10.3 Å². The molecule has 2 aromatic heterocycles. The first kappa shape index (κ1) is 6.40. The maximum absolute atomic E-state index is 4.17. The Balaban J connectivity index is 0.0000001000. The molecular weight excluding hydrogens is 136 g/mol. The van der Waals surface area contributed by atoms with Crippen molar-refractivity contribution in [3.8, 4) is 0 Å². The van der Waals surface area contributed by atoms with E-state index in [0.29, 0.717) is 0 Å². The van der Waals surface area contributed by atoms with Gasteiger partial charge in [-0.2, -0.15) is 4.98 Å². The molecule has 2 heterocycles. The van der Waals surface area contributed by atoms with Crippen LogP contribution in [0.4, 0.5) is 0 Å². The van der Waals surface area contributed by atoms with Crippen LogP contribution in [0.25, 0.3) is 0 Å². The summed E-state index contributed by atoms with van der Waals surface area (Å²) in [7, 11) is 0. The number of hydrogen-bond donors (Lipinski definition) is 0. The second kappa shape index (κ2) is 4.19. The monoisotopic (exact) mass is 138 g/mol. The van der Waals surface area contributed by atoms with Gasteiger partial charge in [-0.05, 0) is 5.16 Å². The SMILES string of the molecule is [c]1cnon1.[c]1ncon1. The summed E-state index contributed by atoms with van der Waals surface area (Å²) in [5, 5.41) is 9.40. The standard InChI is InChI=1S/2C2HN2O/c1-3-2-5-4-1;1-2-4-5-3-1/h2H;1H. The van der Waals surface area contributed by atoms with Crippen LogP contribution in [0, 0.1) is 12.5 Å². The predicted octanol–water partition coefficient (Wildman–Crippen LogP) is -0.260. The van der Waals surface area contributed by atoms with Gasteiger partial charge in [0, 0.05) is 0 Å². The van der Waals surface area contributed by atoms with Gasteiger partial charge in [0.1, 0.15) is 6.20 Å². The maximum atomic E-state index is 4.17. The molecule has 10 heavy (non-hydrogen) atoms. The van der Waals surface area contributed by atoms with E-state index in [4.69, 9.17) is 0 Å². The number of hydrogen-bond acceptors (Lipinski definition) is 6. The van der Waals surface area contributed by atoms with Crippen LogP contribution in [0.1, 0.15) is 0 Å². The molecule has 6 heteroatoms. The van der Waals surface area contributed by atoms with Gasteiger partial charge in [0.15, 0.2) is 6.20 Å². The summed E-state index contributed by atoms with van der Waals surface area (Å²) in [6, 6.07) is 0. The van der Waals surface area contributed by atoms with E-state index in [9.17, 15) is 0 Å². The molecule has 0 aliphatic heterocycles. The third-order valence-corrected chi connectivity index (χ3v) is 0.502. The molecule has 0 saturated heterocycles. The maximum Gasteiger partial charge on any atom is 0.243 e. The van der Waals surface area contributed by atoms with Gasteiger partial charge >= 0.3 is 0 Å². The van der Waals surface area contributed by atoms with Crippen molar-refractivity contribution in [2.75, 3.05) is 0 Å². The van der Waals surface area contributed by atoms with Crippen molar-refractivity contribution >= 4 is 0 Å². The molecule has 0 fully saturated rings. The van der Waals surface area contributed by atoms with Crippen LogP contribution in [-0.2, 0) is 0 Å². The second-order valence-electron chi connectivity index (χ2n) is 1.07. The van der Waals surface area contributed by atoms with Crippen LogP contribution in [-0.4, -0.2) is 20.5 Å². The van der Waals surface area contributed by atoms with Crippen molar-refractivity contribution in [3.05, 3.63) is 25.1 Å². The Morgan fingerprint density at radius 2 is 2.30 bits per heavy atom. The lowest BCUT2D eigenvalue weighted by atomic mass is 11.0. The van der Waals surface area contributed by atoms with Crippen molar-refractivity contribution in [1.82, 2.24) is 20.5 Å². The van der Waals surface area contributed by atoms with E-state index < -0.39 is 0 Å². The summed E-state index contributed by atoms with van der Waals surface area (Å²) in [5.74, 6) is 0. The van der Waals surface area contributed by atoms with Crippen LogP contribution in [0.15, 0.2) is 21.7 Å². The quantitative estimate of drug-likeness (QED) is 0.499. The predicted molar refractivity (Wildman–Crippen MR) is 26.3 cm³/mol. The zero-order valence-corrected chi connectivity index (χ0v) is 4.76. The minimum atomic E-state index is 1.21. The third-order valence-electron chi connectivity index (χ3n) is 0.502. The lowest BCUT2D eigenvalue weighted by molar-refractivity contribution is 0.306. The average molecular weight is 138 g/mol. The summed E-state index contributed by atoms with van der Waals surface area (Å²) in [6.45, 7) is 0. The topological polar surface area (TPSA) is 77.8 Å². The van der Waals surface area contributed by atoms with Gasteiger partial charge in [0.25, 0.3) is 0 Å². The van der Waals surface area contributed by atoms with Crippen LogP contribution in [0.2, 0.25) is 0 Å². The molecule has 2 rings (SSSR count). The molecule has 0 bridgehead atoms. The van der Waals surface area contributed by atoms with Gasteiger partial charge in [-0.25, -0.2) is 4.63 Å². The Morgan fingerprint density at radius 3 is 2.50 bits per heavy atom. The molecule has 2 radical (unpaired) electrons. The van der Waals surface area contributed by atoms with E-state index in [-0.39, 0.29) is 0 Å². The zero-order valence-electron chi connectivity index (χ0n) is 4.76. The Bertz CT molecular complexity index is 154. The molecule has 6 nitrogen and oxygen atoms in total. The summed E-state index contributed by atoms with van der Waals surface area (Å²) in [6.07, 6.45) is 7.08. The fourth-order valence-electron chi connectivity index (χ4n) is 0.236. The Labute approximate surface area is 55.8 Å². The highest BCUT2D eigenvalue weighted by Crippen LogP contribution is 1.61. The first-order chi connectivity index (χ1) is 5.00. The lowest BCUT2D eigenvalue weighted by Crippen LogP contribution is -1.46. The van der Waals surface area contributed by atoms with E-state index >= 15 is 0 Å². The first-order valence-electron chi connectivity index (χ1n) is 2.26.